The molecule has 0 radical (unpaired) electrons. The Balaban J connectivity index is 1.87. The number of aromatic nitrogens is 3. The Morgan fingerprint density at radius 2 is 2.00 bits per heavy atom. The van der Waals surface area contributed by atoms with Gasteiger partial charge in [-0.2, -0.15) is 4.98 Å². The molecule has 2 N–H and O–H groups in total. The van der Waals surface area contributed by atoms with E-state index < -0.39 is 0 Å². The van der Waals surface area contributed by atoms with Crippen molar-refractivity contribution in [2.45, 2.75) is 32.2 Å². The van der Waals surface area contributed by atoms with Crippen molar-refractivity contribution in [3.63, 3.8) is 0 Å². The molecular weight excluding hydrogens is 264 g/mol. The molecule has 0 aliphatic carbocycles. The maximum atomic E-state index is 6.05. The van der Waals surface area contributed by atoms with Crippen molar-refractivity contribution >= 4 is 10.9 Å². The van der Waals surface area contributed by atoms with Gasteiger partial charge in [0, 0.05) is 5.39 Å². The number of benzene rings is 1. The first kappa shape index (κ1) is 13.7. The summed E-state index contributed by atoms with van der Waals surface area (Å²) in [7, 11) is 0. The van der Waals surface area contributed by atoms with Crippen LogP contribution in [0.4, 0.5) is 0 Å². The average Bonchev–Trinajstić information content (AvgIpc) is 3.02. The largest absolute Gasteiger partial charge is 0.337 e. The summed E-state index contributed by atoms with van der Waals surface area (Å²) in [5.74, 6) is 0.969. The van der Waals surface area contributed by atoms with Crippen molar-refractivity contribution in [2.24, 2.45) is 5.73 Å². The minimum Gasteiger partial charge on any atom is -0.337 e. The number of nitrogens with two attached hydrogens (primary N) is 1. The lowest BCUT2D eigenvalue weighted by Gasteiger charge is -2.03. The zero-order chi connectivity index (χ0) is 14.7. The Hall–Kier alpha value is -2.27. The van der Waals surface area contributed by atoms with E-state index in [1.807, 2.05) is 36.4 Å². The van der Waals surface area contributed by atoms with E-state index >= 15 is 0 Å². The van der Waals surface area contributed by atoms with Crippen molar-refractivity contribution in [2.75, 3.05) is 0 Å². The predicted molar refractivity (Wildman–Crippen MR) is 81.5 cm³/mol. The third-order valence-corrected chi connectivity index (χ3v) is 3.46. The van der Waals surface area contributed by atoms with Crippen LogP contribution < -0.4 is 5.73 Å². The fourth-order valence-electron chi connectivity index (χ4n) is 2.23. The van der Waals surface area contributed by atoms with Crippen LogP contribution in [0.1, 0.15) is 38.1 Å². The van der Waals surface area contributed by atoms with Crippen molar-refractivity contribution in [1.29, 1.82) is 0 Å². The molecule has 0 aliphatic heterocycles. The molecule has 3 rings (SSSR count). The maximum Gasteiger partial charge on any atom is 0.243 e. The van der Waals surface area contributed by atoms with E-state index in [1.165, 1.54) is 0 Å². The van der Waals surface area contributed by atoms with Crippen molar-refractivity contribution in [3.8, 4) is 11.5 Å². The number of unbranched alkanes of at least 4 members (excludes halogenated alkanes) is 1. The fourth-order valence-corrected chi connectivity index (χ4v) is 2.23. The smallest absolute Gasteiger partial charge is 0.243 e. The van der Waals surface area contributed by atoms with Crippen LogP contribution in [0.25, 0.3) is 22.4 Å². The molecule has 21 heavy (non-hydrogen) atoms. The van der Waals surface area contributed by atoms with Gasteiger partial charge in [0.05, 0.1) is 11.6 Å². The van der Waals surface area contributed by atoms with E-state index in [4.69, 9.17) is 10.3 Å². The second-order valence-electron chi connectivity index (χ2n) is 5.09. The summed E-state index contributed by atoms with van der Waals surface area (Å²) in [6, 6.07) is 11.6. The molecule has 1 unspecified atom stereocenters. The molecule has 0 amide bonds. The van der Waals surface area contributed by atoms with Gasteiger partial charge in [-0.15, -0.1) is 0 Å². The molecule has 0 saturated heterocycles. The highest BCUT2D eigenvalue weighted by atomic mass is 16.5. The minimum absolute atomic E-state index is 0.202. The third-order valence-electron chi connectivity index (χ3n) is 3.46. The van der Waals surface area contributed by atoms with Crippen LogP contribution in [0.2, 0.25) is 0 Å². The van der Waals surface area contributed by atoms with E-state index in [1.54, 1.807) is 0 Å². The summed E-state index contributed by atoms with van der Waals surface area (Å²) in [5, 5.41) is 5.08. The Bertz CT molecular complexity index is 738. The molecule has 0 saturated carbocycles. The zero-order valence-corrected chi connectivity index (χ0v) is 12.0. The van der Waals surface area contributed by atoms with Crippen molar-refractivity contribution < 1.29 is 4.52 Å². The molecule has 0 fully saturated rings. The molecule has 0 aliphatic rings. The van der Waals surface area contributed by atoms with Crippen LogP contribution in [0.15, 0.2) is 40.9 Å². The molecule has 0 spiro atoms. The van der Waals surface area contributed by atoms with Gasteiger partial charge < -0.3 is 10.3 Å². The van der Waals surface area contributed by atoms with Gasteiger partial charge >= 0.3 is 0 Å². The number of rotatable bonds is 5. The van der Waals surface area contributed by atoms with Crippen LogP contribution in [-0.2, 0) is 0 Å². The first-order valence-electron chi connectivity index (χ1n) is 7.23. The van der Waals surface area contributed by atoms with E-state index in [2.05, 4.69) is 22.0 Å². The van der Waals surface area contributed by atoms with E-state index in [-0.39, 0.29) is 6.04 Å². The summed E-state index contributed by atoms with van der Waals surface area (Å²) in [6.07, 6.45) is 3.00. The van der Waals surface area contributed by atoms with Gasteiger partial charge in [0.2, 0.25) is 11.7 Å². The van der Waals surface area contributed by atoms with Crippen LogP contribution in [0, 0.1) is 0 Å². The second-order valence-corrected chi connectivity index (χ2v) is 5.09. The van der Waals surface area contributed by atoms with Crippen LogP contribution in [0.3, 0.4) is 0 Å². The van der Waals surface area contributed by atoms with Gasteiger partial charge in [-0.1, -0.05) is 49.2 Å². The number of fused-ring (bicyclic) bond motifs is 1. The standard InChI is InChI=1S/C16H18N4O/c1-2-3-7-12(17)16-19-15(20-21-16)14-10-9-11-6-4-5-8-13(11)18-14/h4-6,8-10,12H,2-3,7,17H2,1H3. The molecule has 5 nitrogen and oxygen atoms in total. The van der Waals surface area contributed by atoms with Gasteiger partial charge in [0.15, 0.2) is 0 Å². The summed E-state index contributed by atoms with van der Waals surface area (Å²) in [5.41, 5.74) is 7.66. The summed E-state index contributed by atoms with van der Waals surface area (Å²) in [4.78, 5) is 8.93. The normalized spacial score (nSPS) is 12.7. The number of pyridine rings is 1. The first-order valence-corrected chi connectivity index (χ1v) is 7.23. The van der Waals surface area contributed by atoms with Crippen molar-refractivity contribution in [3.05, 3.63) is 42.3 Å². The molecule has 5 heteroatoms. The van der Waals surface area contributed by atoms with Gasteiger partial charge in [-0.3, -0.25) is 0 Å². The lowest BCUT2D eigenvalue weighted by molar-refractivity contribution is 0.346. The molecule has 1 aromatic carbocycles. The third kappa shape index (κ3) is 2.92. The van der Waals surface area contributed by atoms with Gasteiger partial charge in [0.1, 0.15) is 5.69 Å². The first-order chi connectivity index (χ1) is 10.3. The lowest BCUT2D eigenvalue weighted by atomic mass is 10.1. The lowest BCUT2D eigenvalue weighted by Crippen LogP contribution is -2.10. The molecule has 2 aromatic heterocycles. The number of nitrogens with zero attached hydrogens (tertiary/aromatic N) is 3. The monoisotopic (exact) mass is 282 g/mol. The quantitative estimate of drug-likeness (QED) is 0.775. The highest BCUT2D eigenvalue weighted by Gasteiger charge is 2.16. The summed E-state index contributed by atoms with van der Waals surface area (Å²) in [6.45, 7) is 2.13. The average molecular weight is 282 g/mol. The number of para-hydroxylation sites is 1. The van der Waals surface area contributed by atoms with E-state index in [0.29, 0.717) is 17.4 Å². The molecule has 1 atom stereocenters. The number of hydrogen-bond donors (Lipinski definition) is 1. The van der Waals surface area contributed by atoms with Crippen LogP contribution in [-0.4, -0.2) is 15.1 Å². The SMILES string of the molecule is CCCCC(N)c1nc(-c2ccc3ccccc3n2)no1. The van der Waals surface area contributed by atoms with Gasteiger partial charge in [0.25, 0.3) is 0 Å². The maximum absolute atomic E-state index is 6.05. The number of hydrogen-bond acceptors (Lipinski definition) is 5. The molecule has 3 aromatic rings. The molecule has 0 bridgehead atoms. The Kier molecular flexibility index (Phi) is 3.92. The summed E-state index contributed by atoms with van der Waals surface area (Å²) < 4.78 is 5.26. The Morgan fingerprint density at radius 3 is 2.86 bits per heavy atom. The Labute approximate surface area is 123 Å². The topological polar surface area (TPSA) is 77.8 Å². The highest BCUT2D eigenvalue weighted by molar-refractivity contribution is 5.80. The molecular formula is C16H18N4O. The van der Waals surface area contributed by atoms with E-state index in [0.717, 1.165) is 30.2 Å². The Morgan fingerprint density at radius 1 is 1.14 bits per heavy atom. The van der Waals surface area contributed by atoms with Gasteiger partial charge in [-0.25, -0.2) is 4.98 Å². The zero-order valence-electron chi connectivity index (χ0n) is 12.0. The van der Waals surface area contributed by atoms with Crippen molar-refractivity contribution in [1.82, 2.24) is 15.1 Å². The van der Waals surface area contributed by atoms with Crippen LogP contribution >= 0.6 is 0 Å². The second kappa shape index (κ2) is 6.01. The van der Waals surface area contributed by atoms with Gasteiger partial charge in [-0.05, 0) is 18.6 Å². The fraction of sp³-hybridized carbons (Fsp3) is 0.312. The van der Waals surface area contributed by atoms with Crippen LogP contribution in [0.5, 0.6) is 0 Å². The molecule has 108 valence electrons. The van der Waals surface area contributed by atoms with E-state index in [9.17, 15) is 0 Å². The minimum atomic E-state index is -0.202. The summed E-state index contributed by atoms with van der Waals surface area (Å²) >= 11 is 0. The predicted octanol–water partition coefficient (Wildman–Crippen LogP) is 3.47. The molecule has 2 heterocycles. The highest BCUT2D eigenvalue weighted by Crippen LogP contribution is 2.21.